The number of nitrogens with one attached hydrogen (secondary N) is 1. The minimum atomic E-state index is 0.0664. The third-order valence-corrected chi connectivity index (χ3v) is 1.06. The fraction of sp³-hybridized carbons (Fsp3) is 0.800. The largest absolute Gasteiger partial charge is 0.391 e. The van der Waals surface area contributed by atoms with Crippen molar-refractivity contribution >= 4 is 16.3 Å². The van der Waals surface area contributed by atoms with E-state index in [9.17, 15) is 4.79 Å². The quantitative estimate of drug-likeness (QED) is 0.428. The van der Waals surface area contributed by atoms with Crippen molar-refractivity contribution in [3.8, 4) is 0 Å². The van der Waals surface area contributed by atoms with Gasteiger partial charge in [0.25, 0.3) is 0 Å². The average Bonchev–Trinajstić information content (AvgIpc) is 1.65. The van der Waals surface area contributed by atoms with E-state index in [0.717, 1.165) is 10.4 Å². The molecule has 0 saturated heterocycles. The molecule has 0 aromatic rings. The molecular weight excluding hydrogens is 132 g/mol. The van der Waals surface area contributed by atoms with Gasteiger partial charge in [-0.25, -0.2) is 0 Å². The molecule has 0 bridgehead atoms. The normalized spacial score (nSPS) is 8.11. The molecule has 3 nitrogen and oxygen atoms in total. The Kier molecular flexibility index (Phi) is 9.72. The van der Waals surface area contributed by atoms with E-state index in [0.29, 0.717) is 0 Å². The average molecular weight is 148 g/mol. The lowest BCUT2D eigenvalue weighted by molar-refractivity contribution is -0.117. The molecule has 0 spiro atoms. The molecule has 0 aromatic carbocycles. The predicted molar refractivity (Wildman–Crippen MR) is 43.4 cm³/mol. The maximum atomic E-state index is 9.74. The van der Waals surface area contributed by atoms with Crippen LogP contribution in [0.1, 0.15) is 6.92 Å². The molecule has 0 aliphatic carbocycles. The summed E-state index contributed by atoms with van der Waals surface area (Å²) in [6.45, 7) is 1.51. The second kappa shape index (κ2) is 7.65. The van der Waals surface area contributed by atoms with Gasteiger partial charge in [-0.2, -0.15) is 0 Å². The van der Waals surface area contributed by atoms with Gasteiger partial charge in [0.1, 0.15) is 10.4 Å². The van der Waals surface area contributed by atoms with Crippen LogP contribution in [0, 0.1) is 0 Å². The zero-order valence-corrected chi connectivity index (χ0v) is 8.86. The highest BCUT2D eigenvalue weighted by molar-refractivity contribution is 6.13. The van der Waals surface area contributed by atoms with Crippen LogP contribution in [0.3, 0.4) is 0 Å². The van der Waals surface area contributed by atoms with E-state index in [1.165, 1.54) is 6.92 Å². The predicted octanol–water partition coefficient (Wildman–Crippen LogP) is -1.42. The molecule has 0 saturated carbocycles. The first-order valence-corrected chi connectivity index (χ1v) is 3.80. The molecule has 0 rings (SSSR count). The van der Waals surface area contributed by atoms with Crippen molar-refractivity contribution in [1.82, 2.24) is 9.88 Å². The number of amides is 1. The molecule has 56 valence electrons. The Morgan fingerprint density at radius 2 is 1.56 bits per heavy atom. The van der Waals surface area contributed by atoms with Gasteiger partial charge < -0.3 is 9.88 Å². The molecule has 9 heavy (non-hydrogen) atoms. The van der Waals surface area contributed by atoms with Crippen molar-refractivity contribution in [1.29, 1.82) is 0 Å². The first-order valence-electron chi connectivity index (χ1n) is 2.80. The maximum Gasteiger partial charge on any atom is 0.208 e. The molecule has 0 fully saturated rings. The summed E-state index contributed by atoms with van der Waals surface area (Å²) in [5, 5.41) is 0. The van der Waals surface area contributed by atoms with Gasteiger partial charge in [-0.05, 0) is 21.1 Å². The highest BCUT2D eigenvalue weighted by Crippen LogP contribution is 1.47. The van der Waals surface area contributed by atoms with Gasteiger partial charge in [-0.1, -0.05) is 0 Å². The van der Waals surface area contributed by atoms with Gasteiger partial charge in [0.2, 0.25) is 5.91 Å². The van der Waals surface area contributed by atoms with Crippen LogP contribution in [-0.2, 0) is 4.79 Å². The molecule has 1 N–H and O–H groups in total. The lowest BCUT2D eigenvalue weighted by Crippen LogP contribution is -2.14. The summed E-state index contributed by atoms with van der Waals surface area (Å²) < 4.78 is 0. The summed E-state index contributed by atoms with van der Waals surface area (Å²) in [5.41, 5.74) is 0. The lowest BCUT2D eigenvalue weighted by atomic mass is 10.8. The number of rotatable bonds is 0. The van der Waals surface area contributed by atoms with Crippen LogP contribution in [0.2, 0.25) is 0 Å². The van der Waals surface area contributed by atoms with Crippen molar-refractivity contribution in [3.05, 3.63) is 0 Å². The second-order valence-corrected chi connectivity index (χ2v) is 2.65. The second-order valence-electron chi connectivity index (χ2n) is 2.15. The van der Waals surface area contributed by atoms with Crippen LogP contribution in [-0.4, -0.2) is 42.4 Å². The third kappa shape index (κ3) is 89.9. The van der Waals surface area contributed by atoms with E-state index in [2.05, 4.69) is 4.98 Å². The van der Waals surface area contributed by atoms with Crippen LogP contribution < -0.4 is 4.98 Å². The van der Waals surface area contributed by atoms with Crippen molar-refractivity contribution in [2.24, 2.45) is 0 Å². The summed E-state index contributed by atoms with van der Waals surface area (Å²) in [6, 6.07) is 0. The van der Waals surface area contributed by atoms with Gasteiger partial charge in [-0.3, -0.25) is 4.79 Å². The van der Waals surface area contributed by atoms with Gasteiger partial charge in [-0.15, -0.1) is 0 Å². The van der Waals surface area contributed by atoms with E-state index in [-0.39, 0.29) is 5.91 Å². The number of hydrogen-bond donors (Lipinski definition) is 1. The Morgan fingerprint density at radius 1 is 1.44 bits per heavy atom. The molecule has 4 heteroatoms. The van der Waals surface area contributed by atoms with Crippen molar-refractivity contribution in [2.45, 2.75) is 6.92 Å². The molecular formula is C5H16N2OSi. The van der Waals surface area contributed by atoms with E-state index in [1.54, 1.807) is 0 Å². The molecule has 0 radical (unpaired) electrons. The molecule has 0 heterocycles. The van der Waals surface area contributed by atoms with Crippen molar-refractivity contribution < 1.29 is 4.79 Å². The van der Waals surface area contributed by atoms with Crippen LogP contribution >= 0.6 is 0 Å². The van der Waals surface area contributed by atoms with Gasteiger partial charge in [0, 0.05) is 6.92 Å². The van der Waals surface area contributed by atoms with Crippen LogP contribution in [0.5, 0.6) is 0 Å². The number of carbonyl (C=O) groups is 1. The maximum absolute atomic E-state index is 9.74. The molecule has 0 aliphatic rings. The first kappa shape index (κ1) is 11.4. The van der Waals surface area contributed by atoms with Gasteiger partial charge in [0.05, 0.1) is 0 Å². The minimum absolute atomic E-state index is 0.0664. The molecule has 1 amide bonds. The lowest BCUT2D eigenvalue weighted by Gasteiger charge is -1.90. The Balaban J connectivity index is 0. The van der Waals surface area contributed by atoms with Crippen LogP contribution in [0.15, 0.2) is 0 Å². The first-order chi connectivity index (χ1) is 4.00. The van der Waals surface area contributed by atoms with E-state index >= 15 is 0 Å². The van der Waals surface area contributed by atoms with E-state index in [1.807, 2.05) is 26.0 Å². The summed E-state index contributed by atoms with van der Waals surface area (Å²) in [6.07, 6.45) is 0. The number of nitrogens with zero attached hydrogens (tertiary/aromatic N) is 1. The Labute approximate surface area is 59.9 Å². The fourth-order valence-electron chi connectivity index (χ4n) is 0. The molecule has 0 atom stereocenters. The summed E-state index contributed by atoms with van der Waals surface area (Å²) in [5.74, 6) is 0.0664. The van der Waals surface area contributed by atoms with Crippen LogP contribution in [0.4, 0.5) is 0 Å². The summed E-state index contributed by atoms with van der Waals surface area (Å²) in [4.78, 5) is 14.3. The Morgan fingerprint density at radius 3 is 1.56 bits per heavy atom. The fourth-order valence-corrected chi connectivity index (χ4v) is 0. The van der Waals surface area contributed by atoms with Gasteiger partial charge in [0.15, 0.2) is 0 Å². The van der Waals surface area contributed by atoms with Crippen LogP contribution in [0.25, 0.3) is 0 Å². The highest BCUT2D eigenvalue weighted by atomic mass is 28.2. The van der Waals surface area contributed by atoms with E-state index < -0.39 is 0 Å². The Hall–Kier alpha value is -0.353. The molecule has 0 aliphatic heterocycles. The minimum Gasteiger partial charge on any atom is -0.391 e. The standard InChI is InChI=1S/C3H9N.C2H7NOSi/c1-4(2)3;1-2(4)3-5/h1-3H3;1,5H3,(H,3,4). The van der Waals surface area contributed by atoms with Crippen molar-refractivity contribution in [3.63, 3.8) is 0 Å². The number of carbonyl (C=O) groups excluding carboxylic acids is 1. The zero-order chi connectivity index (χ0) is 7.86. The number of hydrogen-bond acceptors (Lipinski definition) is 2. The van der Waals surface area contributed by atoms with E-state index in [4.69, 9.17) is 0 Å². The molecule has 0 unspecified atom stereocenters. The molecule has 0 aromatic heterocycles. The summed E-state index contributed by atoms with van der Waals surface area (Å²) in [7, 11) is 6.77. The SMILES string of the molecule is CC(=O)N[SiH3].CN(C)C. The zero-order valence-electron chi connectivity index (χ0n) is 6.86. The summed E-state index contributed by atoms with van der Waals surface area (Å²) >= 11 is 0. The smallest absolute Gasteiger partial charge is 0.208 e. The monoisotopic (exact) mass is 148 g/mol. The Bertz CT molecular complexity index is 72.6. The highest BCUT2D eigenvalue weighted by Gasteiger charge is 1.72. The van der Waals surface area contributed by atoms with Crippen molar-refractivity contribution in [2.75, 3.05) is 21.1 Å². The van der Waals surface area contributed by atoms with Gasteiger partial charge >= 0.3 is 0 Å². The topological polar surface area (TPSA) is 32.3 Å². The third-order valence-electron chi connectivity index (χ3n) is 0.352.